The maximum absolute atomic E-state index is 6.14. The van der Waals surface area contributed by atoms with E-state index in [1.165, 1.54) is 122 Å². The molecule has 0 saturated carbocycles. The topological polar surface area (TPSA) is 12.5 Å². The first-order chi connectivity index (χ1) is 13.5. The summed E-state index contributed by atoms with van der Waals surface area (Å²) in [5, 5.41) is 0. The Bertz CT molecular complexity index is 307. The summed E-state index contributed by atoms with van der Waals surface area (Å²) in [5.41, 5.74) is 0.0765. The molecule has 0 unspecified atom stereocenters. The molecule has 0 saturated heterocycles. The Morgan fingerprint density at radius 3 is 1.50 bits per heavy atom. The predicted molar refractivity (Wildman–Crippen MR) is 128 cm³/mol. The largest absolute Gasteiger partial charge is 0.413 e. The van der Waals surface area contributed by atoms with Gasteiger partial charge in [-0.25, -0.2) is 0 Å². The van der Waals surface area contributed by atoms with Gasteiger partial charge in [-0.2, -0.15) is 0 Å². The second-order valence-corrected chi connectivity index (χ2v) is 10.6. The SMILES string of the molecule is CCCCCCCCCCCCCCCCCC(C)(C)O[Si]CCCN(C)C. The van der Waals surface area contributed by atoms with Gasteiger partial charge in [0.25, 0.3) is 0 Å². The smallest absolute Gasteiger partial charge is 0.230 e. The van der Waals surface area contributed by atoms with E-state index in [1.807, 2.05) is 0 Å². The van der Waals surface area contributed by atoms with Crippen LogP contribution in [0.1, 0.15) is 130 Å². The molecule has 0 spiro atoms. The number of hydrogen-bond acceptors (Lipinski definition) is 2. The van der Waals surface area contributed by atoms with Crippen molar-refractivity contribution in [3.05, 3.63) is 0 Å². The maximum atomic E-state index is 6.14. The Balaban J connectivity index is 3.27. The average molecular weight is 412 g/mol. The van der Waals surface area contributed by atoms with Gasteiger partial charge in [0.05, 0.1) is 5.60 Å². The van der Waals surface area contributed by atoms with Crippen LogP contribution >= 0.6 is 0 Å². The lowest BCUT2D eigenvalue weighted by molar-refractivity contribution is 0.101. The van der Waals surface area contributed by atoms with Crippen LogP contribution in [-0.2, 0) is 4.43 Å². The highest BCUT2D eigenvalue weighted by atomic mass is 28.2. The van der Waals surface area contributed by atoms with Crippen LogP contribution in [0.4, 0.5) is 0 Å². The molecule has 0 aromatic rings. The lowest BCUT2D eigenvalue weighted by Gasteiger charge is -2.25. The predicted octanol–water partition coefficient (Wildman–Crippen LogP) is 8.03. The van der Waals surface area contributed by atoms with Crippen molar-refractivity contribution in [2.45, 2.75) is 142 Å². The van der Waals surface area contributed by atoms with Crippen molar-refractivity contribution in [3.63, 3.8) is 0 Å². The van der Waals surface area contributed by atoms with Crippen molar-refractivity contribution in [1.82, 2.24) is 4.90 Å². The van der Waals surface area contributed by atoms with Crippen LogP contribution in [0.5, 0.6) is 0 Å². The minimum absolute atomic E-state index is 0.0765. The van der Waals surface area contributed by atoms with Gasteiger partial charge < -0.3 is 9.33 Å². The van der Waals surface area contributed by atoms with E-state index >= 15 is 0 Å². The van der Waals surface area contributed by atoms with Gasteiger partial charge in [0.2, 0.25) is 9.76 Å². The summed E-state index contributed by atoms with van der Waals surface area (Å²) >= 11 is 0. The molecule has 2 nitrogen and oxygen atoms in total. The molecule has 28 heavy (non-hydrogen) atoms. The van der Waals surface area contributed by atoms with E-state index in [4.69, 9.17) is 4.43 Å². The fraction of sp³-hybridized carbons (Fsp3) is 1.00. The summed E-state index contributed by atoms with van der Waals surface area (Å²) in [6.07, 6.45) is 24.0. The highest BCUT2D eigenvalue weighted by Crippen LogP contribution is 2.20. The molecule has 0 rings (SSSR count). The Labute approximate surface area is 181 Å². The lowest BCUT2D eigenvalue weighted by atomic mass is 9.99. The summed E-state index contributed by atoms with van der Waals surface area (Å²) in [7, 11) is 4.95. The van der Waals surface area contributed by atoms with Crippen molar-refractivity contribution in [2.24, 2.45) is 0 Å². The van der Waals surface area contributed by atoms with E-state index in [0.29, 0.717) is 9.76 Å². The third-order valence-electron chi connectivity index (χ3n) is 5.62. The molecule has 0 fully saturated rings. The Kier molecular flexibility index (Phi) is 20.5. The first-order valence-corrected chi connectivity index (χ1v) is 13.6. The van der Waals surface area contributed by atoms with Crippen molar-refractivity contribution >= 4 is 9.76 Å². The molecule has 0 aliphatic heterocycles. The van der Waals surface area contributed by atoms with Crippen LogP contribution in [0.15, 0.2) is 0 Å². The van der Waals surface area contributed by atoms with Crippen molar-refractivity contribution < 1.29 is 4.43 Å². The standard InChI is InChI=1S/C25H53NOSi/c1-6-7-8-9-10-11-12-13-14-15-16-17-18-19-20-22-25(2,3)27-28-24-21-23-26(4)5/h6-24H2,1-5H3. The van der Waals surface area contributed by atoms with Crippen LogP contribution in [0.3, 0.4) is 0 Å². The second kappa shape index (κ2) is 20.4. The zero-order valence-electron chi connectivity index (χ0n) is 20.3. The maximum Gasteiger partial charge on any atom is 0.230 e. The summed E-state index contributed by atoms with van der Waals surface area (Å²) in [6, 6.07) is 1.21. The lowest BCUT2D eigenvalue weighted by Crippen LogP contribution is -2.26. The van der Waals surface area contributed by atoms with Crippen molar-refractivity contribution in [3.8, 4) is 0 Å². The molecule has 0 N–H and O–H groups in total. The third kappa shape index (κ3) is 22.4. The number of hydrogen-bond donors (Lipinski definition) is 0. The van der Waals surface area contributed by atoms with Crippen LogP contribution in [0.2, 0.25) is 6.04 Å². The number of rotatable bonds is 22. The third-order valence-corrected chi connectivity index (χ3v) is 6.87. The zero-order chi connectivity index (χ0) is 20.9. The average Bonchev–Trinajstić information content (AvgIpc) is 2.64. The van der Waals surface area contributed by atoms with Crippen LogP contribution in [-0.4, -0.2) is 40.9 Å². The van der Waals surface area contributed by atoms with Gasteiger partial charge >= 0.3 is 0 Å². The highest BCUT2D eigenvalue weighted by molar-refractivity contribution is 6.27. The molecule has 0 heterocycles. The Hall–Kier alpha value is 0.137. The van der Waals surface area contributed by atoms with Crippen molar-refractivity contribution in [1.29, 1.82) is 0 Å². The monoisotopic (exact) mass is 411 g/mol. The molecule has 0 amide bonds. The summed E-state index contributed by atoms with van der Waals surface area (Å²) < 4.78 is 6.14. The van der Waals surface area contributed by atoms with Gasteiger partial charge in [-0.3, -0.25) is 0 Å². The van der Waals surface area contributed by atoms with Crippen LogP contribution in [0, 0.1) is 0 Å². The summed E-state index contributed by atoms with van der Waals surface area (Å²) in [6.45, 7) is 8.02. The molecule has 3 heteroatoms. The van der Waals surface area contributed by atoms with E-state index in [2.05, 4.69) is 39.8 Å². The van der Waals surface area contributed by atoms with Crippen LogP contribution in [0.25, 0.3) is 0 Å². The van der Waals surface area contributed by atoms with Gasteiger partial charge in [0, 0.05) is 0 Å². The van der Waals surface area contributed by atoms with E-state index in [9.17, 15) is 0 Å². The second-order valence-electron chi connectivity index (χ2n) is 9.61. The fourth-order valence-corrected chi connectivity index (χ4v) is 4.58. The van der Waals surface area contributed by atoms with E-state index < -0.39 is 0 Å². The van der Waals surface area contributed by atoms with E-state index in [1.54, 1.807) is 0 Å². The van der Waals surface area contributed by atoms with E-state index in [-0.39, 0.29) is 5.60 Å². The number of nitrogens with zero attached hydrogens (tertiary/aromatic N) is 1. The first-order valence-electron chi connectivity index (χ1n) is 12.5. The molecule has 2 radical (unpaired) electrons. The number of unbranched alkanes of at least 4 members (excludes halogenated alkanes) is 14. The minimum atomic E-state index is 0.0765. The molecule has 0 aliphatic rings. The molecule has 0 aliphatic carbocycles. The summed E-state index contributed by atoms with van der Waals surface area (Å²) in [5.74, 6) is 0. The van der Waals surface area contributed by atoms with Gasteiger partial charge in [-0.05, 0) is 53.4 Å². The molecule has 0 bridgehead atoms. The molecule has 0 atom stereocenters. The normalized spacial score (nSPS) is 12.2. The van der Waals surface area contributed by atoms with E-state index in [0.717, 1.165) is 0 Å². The minimum Gasteiger partial charge on any atom is -0.413 e. The summed E-state index contributed by atoms with van der Waals surface area (Å²) in [4.78, 5) is 2.26. The Morgan fingerprint density at radius 1 is 0.643 bits per heavy atom. The quantitative estimate of drug-likeness (QED) is 0.132. The van der Waals surface area contributed by atoms with Crippen LogP contribution < -0.4 is 0 Å². The first kappa shape index (κ1) is 28.1. The fourth-order valence-electron chi connectivity index (χ4n) is 3.69. The van der Waals surface area contributed by atoms with Crippen molar-refractivity contribution in [2.75, 3.05) is 20.6 Å². The molecular weight excluding hydrogens is 358 g/mol. The molecular formula is C25H53NOSi. The van der Waals surface area contributed by atoms with Gasteiger partial charge in [-0.15, -0.1) is 0 Å². The molecule has 0 aromatic heterocycles. The van der Waals surface area contributed by atoms with Gasteiger partial charge in [0.15, 0.2) is 0 Å². The zero-order valence-corrected chi connectivity index (χ0v) is 21.3. The highest BCUT2D eigenvalue weighted by Gasteiger charge is 2.17. The molecule has 0 aromatic carbocycles. The Morgan fingerprint density at radius 2 is 1.07 bits per heavy atom. The molecule has 168 valence electrons. The van der Waals surface area contributed by atoms with Gasteiger partial charge in [0.1, 0.15) is 0 Å². The van der Waals surface area contributed by atoms with Gasteiger partial charge in [-0.1, -0.05) is 103 Å².